The highest BCUT2D eigenvalue weighted by molar-refractivity contribution is 5.83. The summed E-state index contributed by atoms with van der Waals surface area (Å²) in [6.45, 7) is 14.1. The van der Waals surface area contributed by atoms with Gasteiger partial charge in [-0.15, -0.1) is 0 Å². The molecule has 2 N–H and O–H groups in total. The molecule has 0 bridgehead atoms. The van der Waals surface area contributed by atoms with E-state index in [4.69, 9.17) is 5.73 Å². The van der Waals surface area contributed by atoms with E-state index in [1.165, 1.54) is 0 Å². The Morgan fingerprint density at radius 1 is 1.22 bits per heavy atom. The van der Waals surface area contributed by atoms with Crippen molar-refractivity contribution in [3.8, 4) is 0 Å². The molecule has 0 aromatic rings. The minimum absolute atomic E-state index is 0.207. The number of hydrogen-bond donors (Lipinski definition) is 1. The van der Waals surface area contributed by atoms with Gasteiger partial charge >= 0.3 is 0 Å². The molecule has 1 aliphatic heterocycles. The number of amides is 1. The molecule has 1 fully saturated rings. The van der Waals surface area contributed by atoms with Gasteiger partial charge in [0.2, 0.25) is 5.91 Å². The smallest absolute Gasteiger partial charge is 0.230 e. The van der Waals surface area contributed by atoms with Crippen LogP contribution < -0.4 is 5.73 Å². The van der Waals surface area contributed by atoms with Gasteiger partial charge in [0.05, 0.1) is 5.41 Å². The Morgan fingerprint density at radius 3 is 2.06 bits per heavy atom. The lowest BCUT2D eigenvalue weighted by atomic mass is 9.74. The fourth-order valence-corrected chi connectivity index (χ4v) is 2.61. The summed E-state index contributed by atoms with van der Waals surface area (Å²) in [5.41, 5.74) is 5.50. The van der Waals surface area contributed by atoms with Crippen molar-refractivity contribution in [1.29, 1.82) is 0 Å². The van der Waals surface area contributed by atoms with Gasteiger partial charge in [0, 0.05) is 18.6 Å². The minimum Gasteiger partial charge on any atom is -0.342 e. The number of hydrogen-bond acceptors (Lipinski definition) is 2. The third-order valence-electron chi connectivity index (χ3n) is 5.37. The quantitative estimate of drug-likeness (QED) is 0.838. The van der Waals surface area contributed by atoms with Crippen LogP contribution in [0.5, 0.6) is 0 Å². The van der Waals surface area contributed by atoms with Crippen LogP contribution in [-0.4, -0.2) is 29.4 Å². The molecule has 0 radical (unpaired) electrons. The van der Waals surface area contributed by atoms with Crippen molar-refractivity contribution in [2.75, 3.05) is 13.1 Å². The molecule has 1 rings (SSSR count). The van der Waals surface area contributed by atoms with Crippen LogP contribution in [0.25, 0.3) is 0 Å². The van der Waals surface area contributed by atoms with Crippen molar-refractivity contribution < 1.29 is 4.79 Å². The van der Waals surface area contributed by atoms with Gasteiger partial charge in [-0.3, -0.25) is 4.79 Å². The molecular weight excluding hydrogens is 224 g/mol. The first-order valence-corrected chi connectivity index (χ1v) is 7.18. The zero-order valence-corrected chi connectivity index (χ0v) is 13.0. The summed E-state index contributed by atoms with van der Waals surface area (Å²) in [6.07, 6.45) is 3.44. The second-order valence-electron chi connectivity index (χ2n) is 7.03. The van der Waals surface area contributed by atoms with Gasteiger partial charge in [-0.05, 0) is 52.4 Å². The molecule has 0 aromatic heterocycles. The molecule has 0 unspecified atom stereocenters. The van der Waals surface area contributed by atoms with Crippen LogP contribution in [0.1, 0.15) is 60.8 Å². The lowest BCUT2D eigenvalue weighted by Gasteiger charge is -2.40. The maximum Gasteiger partial charge on any atom is 0.230 e. The summed E-state index contributed by atoms with van der Waals surface area (Å²) in [7, 11) is 0. The Hall–Kier alpha value is -0.570. The van der Waals surface area contributed by atoms with E-state index in [1.54, 1.807) is 0 Å². The Kier molecular flexibility index (Phi) is 4.16. The third kappa shape index (κ3) is 2.56. The van der Waals surface area contributed by atoms with Crippen molar-refractivity contribution in [3.05, 3.63) is 0 Å². The lowest BCUT2D eigenvalue weighted by molar-refractivity contribution is -0.142. The van der Waals surface area contributed by atoms with Crippen molar-refractivity contribution in [2.24, 2.45) is 16.6 Å². The van der Waals surface area contributed by atoms with E-state index in [0.717, 1.165) is 32.4 Å². The van der Waals surface area contributed by atoms with Gasteiger partial charge in [-0.2, -0.15) is 0 Å². The average Bonchev–Trinajstić information content (AvgIpc) is 2.71. The fourth-order valence-electron chi connectivity index (χ4n) is 2.61. The Bertz CT molecular complexity index is 311. The highest BCUT2D eigenvalue weighted by Crippen LogP contribution is 2.40. The summed E-state index contributed by atoms with van der Waals surface area (Å²) in [5.74, 6) is 0.207. The molecule has 1 aliphatic rings. The lowest BCUT2D eigenvalue weighted by Crippen LogP contribution is -2.56. The number of nitrogens with zero attached hydrogens (tertiary/aromatic N) is 1. The second-order valence-corrected chi connectivity index (χ2v) is 7.03. The summed E-state index contributed by atoms with van der Waals surface area (Å²) < 4.78 is 0. The van der Waals surface area contributed by atoms with E-state index in [0.29, 0.717) is 5.41 Å². The molecule has 18 heavy (non-hydrogen) atoms. The molecule has 0 spiro atoms. The van der Waals surface area contributed by atoms with E-state index < -0.39 is 11.0 Å². The van der Waals surface area contributed by atoms with Gasteiger partial charge in [0.1, 0.15) is 0 Å². The number of nitrogens with two attached hydrogens (primary N) is 1. The predicted molar refractivity (Wildman–Crippen MR) is 76.3 cm³/mol. The summed E-state index contributed by atoms with van der Waals surface area (Å²) >= 11 is 0. The van der Waals surface area contributed by atoms with Crippen LogP contribution in [-0.2, 0) is 4.79 Å². The number of likely N-dealkylation sites (tertiary alicyclic amines) is 1. The first-order valence-electron chi connectivity index (χ1n) is 7.18. The molecule has 1 saturated heterocycles. The third-order valence-corrected chi connectivity index (χ3v) is 5.37. The minimum atomic E-state index is -0.509. The highest BCUT2D eigenvalue weighted by Gasteiger charge is 2.46. The second kappa shape index (κ2) is 4.84. The molecular formula is C15H30N2O. The van der Waals surface area contributed by atoms with E-state index in [-0.39, 0.29) is 5.91 Å². The van der Waals surface area contributed by atoms with Gasteiger partial charge in [0.15, 0.2) is 0 Å². The molecule has 3 nitrogen and oxygen atoms in total. The highest BCUT2D eigenvalue weighted by atomic mass is 16.2. The van der Waals surface area contributed by atoms with Crippen molar-refractivity contribution in [1.82, 2.24) is 4.90 Å². The van der Waals surface area contributed by atoms with Crippen molar-refractivity contribution in [3.63, 3.8) is 0 Å². The van der Waals surface area contributed by atoms with Crippen LogP contribution in [0.4, 0.5) is 0 Å². The molecule has 1 amide bonds. The van der Waals surface area contributed by atoms with Crippen LogP contribution in [0.2, 0.25) is 0 Å². The standard InChI is InChI=1S/C15H30N2O/c1-7-15(8-2)9-10-17(11-15)12(18)13(3,4)14(5,6)16/h7-11,16H2,1-6H3. The molecule has 106 valence electrons. The monoisotopic (exact) mass is 254 g/mol. The maximum atomic E-state index is 12.7. The molecule has 0 aromatic carbocycles. The van der Waals surface area contributed by atoms with Crippen LogP contribution in [0.15, 0.2) is 0 Å². The molecule has 3 heteroatoms. The summed E-state index contributed by atoms with van der Waals surface area (Å²) in [4.78, 5) is 14.7. The first-order chi connectivity index (χ1) is 8.09. The van der Waals surface area contributed by atoms with E-state index in [2.05, 4.69) is 13.8 Å². The molecule has 1 heterocycles. The molecule has 0 saturated carbocycles. The van der Waals surface area contributed by atoms with Gasteiger partial charge in [-0.25, -0.2) is 0 Å². The van der Waals surface area contributed by atoms with Crippen molar-refractivity contribution in [2.45, 2.75) is 66.3 Å². The topological polar surface area (TPSA) is 46.3 Å². The number of rotatable bonds is 4. The van der Waals surface area contributed by atoms with Crippen molar-refractivity contribution >= 4 is 5.91 Å². The fraction of sp³-hybridized carbons (Fsp3) is 0.933. The molecule has 0 atom stereocenters. The maximum absolute atomic E-state index is 12.7. The first kappa shape index (κ1) is 15.5. The van der Waals surface area contributed by atoms with Gasteiger partial charge in [0.25, 0.3) is 0 Å². The van der Waals surface area contributed by atoms with Crippen LogP contribution in [0, 0.1) is 10.8 Å². The number of carbonyl (C=O) groups is 1. The Morgan fingerprint density at radius 2 is 1.72 bits per heavy atom. The average molecular weight is 254 g/mol. The zero-order valence-electron chi connectivity index (χ0n) is 13.0. The Balaban J connectivity index is 2.83. The normalized spacial score (nSPS) is 20.3. The summed E-state index contributed by atoms with van der Waals surface area (Å²) in [5, 5.41) is 0. The Labute approximate surface area is 112 Å². The number of carbonyl (C=O) groups excluding carboxylic acids is 1. The predicted octanol–water partition coefficient (Wildman–Crippen LogP) is 2.79. The van der Waals surface area contributed by atoms with Gasteiger partial charge in [-0.1, -0.05) is 13.8 Å². The van der Waals surface area contributed by atoms with E-state index in [9.17, 15) is 4.79 Å². The van der Waals surface area contributed by atoms with E-state index >= 15 is 0 Å². The molecule has 0 aliphatic carbocycles. The van der Waals surface area contributed by atoms with Crippen LogP contribution >= 0.6 is 0 Å². The van der Waals surface area contributed by atoms with Gasteiger partial charge < -0.3 is 10.6 Å². The van der Waals surface area contributed by atoms with E-state index in [1.807, 2.05) is 32.6 Å². The largest absolute Gasteiger partial charge is 0.342 e. The summed E-state index contributed by atoms with van der Waals surface area (Å²) in [6, 6.07) is 0. The van der Waals surface area contributed by atoms with Crippen LogP contribution in [0.3, 0.4) is 0 Å². The SMILES string of the molecule is CCC1(CC)CCN(C(=O)C(C)(C)C(C)(C)N)C1. The zero-order chi connectivity index (χ0) is 14.2.